The number of nitrogens with one attached hydrogen (secondary N) is 2. The van der Waals surface area contributed by atoms with Crippen LogP contribution < -0.4 is 5.32 Å². The number of likely N-dealkylation sites (tertiary alicyclic amines) is 1. The number of nitrogens with zero attached hydrogens (tertiary/aromatic N) is 3. The summed E-state index contributed by atoms with van der Waals surface area (Å²) in [6.45, 7) is 10.7. The second-order valence-electron chi connectivity index (χ2n) is 6.34. The first-order valence-electron chi connectivity index (χ1n) is 9.04. The second kappa shape index (κ2) is 9.77. The van der Waals surface area contributed by atoms with Gasteiger partial charge in [-0.3, -0.25) is 4.99 Å². The Labute approximate surface area is 151 Å². The van der Waals surface area contributed by atoms with Gasteiger partial charge in [0, 0.05) is 43.2 Å². The molecular formula is C20H29N5. The molecule has 0 spiro atoms. The van der Waals surface area contributed by atoms with Crippen LogP contribution in [0.4, 0.5) is 5.69 Å². The van der Waals surface area contributed by atoms with Crippen molar-refractivity contribution in [2.45, 2.75) is 39.5 Å². The van der Waals surface area contributed by atoms with Gasteiger partial charge in [0.2, 0.25) is 0 Å². The molecule has 0 radical (unpaired) electrons. The Balaban J connectivity index is 2.25. The van der Waals surface area contributed by atoms with Gasteiger partial charge in [0.25, 0.3) is 0 Å². The van der Waals surface area contributed by atoms with Gasteiger partial charge in [-0.2, -0.15) is 0 Å². The summed E-state index contributed by atoms with van der Waals surface area (Å²) in [5, 5.41) is 10.9. The standard InChI is InChI=1S/C20H29N5/c1-4-10-23-20(25-11-6-5-7-12-25)14-19(22-3)24-18-9-8-16(2)13-17(18)15-21/h8-9,13-15,21,24H,3-7,10-12H2,1-2H3/b19-14+,21-15?,23-20?. The van der Waals surface area contributed by atoms with Gasteiger partial charge in [0.15, 0.2) is 0 Å². The van der Waals surface area contributed by atoms with Crippen LogP contribution in [-0.2, 0) is 0 Å². The Morgan fingerprint density at radius 2 is 2.08 bits per heavy atom. The normalized spacial score (nSPS) is 15.8. The first-order valence-corrected chi connectivity index (χ1v) is 9.04. The zero-order valence-corrected chi connectivity index (χ0v) is 15.4. The smallest absolute Gasteiger partial charge is 0.133 e. The maximum absolute atomic E-state index is 7.61. The third-order valence-electron chi connectivity index (χ3n) is 4.24. The number of aliphatic imine (C=N–C) groups is 2. The molecule has 1 saturated heterocycles. The summed E-state index contributed by atoms with van der Waals surface area (Å²) in [4.78, 5) is 11.2. The van der Waals surface area contributed by atoms with E-state index in [9.17, 15) is 0 Å². The van der Waals surface area contributed by atoms with Crippen molar-refractivity contribution in [3.63, 3.8) is 0 Å². The van der Waals surface area contributed by atoms with Crippen molar-refractivity contribution in [1.29, 1.82) is 5.41 Å². The number of anilines is 1. The van der Waals surface area contributed by atoms with Crippen LogP contribution in [0.3, 0.4) is 0 Å². The van der Waals surface area contributed by atoms with Crippen molar-refractivity contribution in [1.82, 2.24) is 4.90 Å². The van der Waals surface area contributed by atoms with Gasteiger partial charge < -0.3 is 15.6 Å². The molecule has 0 bridgehead atoms. The zero-order valence-electron chi connectivity index (χ0n) is 15.4. The number of rotatable bonds is 7. The molecule has 0 amide bonds. The van der Waals surface area contributed by atoms with Crippen LogP contribution in [0, 0.1) is 12.3 Å². The lowest BCUT2D eigenvalue weighted by molar-refractivity contribution is 0.342. The van der Waals surface area contributed by atoms with E-state index in [4.69, 9.17) is 10.4 Å². The molecular weight excluding hydrogens is 310 g/mol. The first-order chi connectivity index (χ1) is 12.2. The van der Waals surface area contributed by atoms with E-state index in [0.29, 0.717) is 5.82 Å². The predicted molar refractivity (Wildman–Crippen MR) is 108 cm³/mol. The molecule has 5 heteroatoms. The lowest BCUT2D eigenvalue weighted by Crippen LogP contribution is -2.35. The number of amidine groups is 1. The van der Waals surface area contributed by atoms with Crippen molar-refractivity contribution < 1.29 is 0 Å². The Morgan fingerprint density at radius 1 is 1.32 bits per heavy atom. The highest BCUT2D eigenvalue weighted by atomic mass is 15.2. The third-order valence-corrected chi connectivity index (χ3v) is 4.24. The third kappa shape index (κ3) is 5.55. The quantitative estimate of drug-likeness (QED) is 0.576. The lowest BCUT2D eigenvalue weighted by Gasteiger charge is -2.29. The maximum Gasteiger partial charge on any atom is 0.133 e. The molecule has 2 rings (SSSR count). The van der Waals surface area contributed by atoms with E-state index in [0.717, 1.165) is 48.7 Å². The predicted octanol–water partition coefficient (Wildman–Crippen LogP) is 4.24. The molecule has 0 saturated carbocycles. The highest BCUT2D eigenvalue weighted by Crippen LogP contribution is 2.18. The second-order valence-corrected chi connectivity index (χ2v) is 6.34. The van der Waals surface area contributed by atoms with Crippen molar-refractivity contribution in [3.8, 4) is 0 Å². The lowest BCUT2D eigenvalue weighted by atomic mass is 10.1. The number of aryl methyl sites for hydroxylation is 1. The summed E-state index contributed by atoms with van der Waals surface area (Å²) in [7, 11) is 0. The zero-order chi connectivity index (χ0) is 18.1. The molecule has 2 N–H and O–H groups in total. The van der Waals surface area contributed by atoms with Gasteiger partial charge in [0.05, 0.1) is 0 Å². The molecule has 1 aliphatic rings. The Hall–Kier alpha value is -2.43. The van der Waals surface area contributed by atoms with Crippen LogP contribution in [0.2, 0.25) is 0 Å². The maximum atomic E-state index is 7.61. The highest BCUT2D eigenvalue weighted by molar-refractivity contribution is 5.94. The highest BCUT2D eigenvalue weighted by Gasteiger charge is 2.14. The molecule has 134 valence electrons. The molecule has 25 heavy (non-hydrogen) atoms. The molecule has 5 nitrogen and oxygen atoms in total. The summed E-state index contributed by atoms with van der Waals surface area (Å²) in [5.74, 6) is 1.63. The minimum absolute atomic E-state index is 0.660. The SMILES string of the molecule is C=N/C(=C\C(=NCCC)N1CCCCC1)Nc1ccc(C)cc1C=N. The number of hydrogen-bond donors (Lipinski definition) is 2. The minimum atomic E-state index is 0.660. The van der Waals surface area contributed by atoms with Crippen molar-refractivity contribution in [3.05, 3.63) is 41.2 Å². The molecule has 0 aromatic heterocycles. The van der Waals surface area contributed by atoms with Crippen LogP contribution in [0.15, 0.2) is 40.1 Å². The largest absolute Gasteiger partial charge is 0.357 e. The number of hydrogen-bond acceptors (Lipinski definition) is 4. The van der Waals surface area contributed by atoms with E-state index in [1.807, 2.05) is 31.2 Å². The Kier molecular flexibility index (Phi) is 7.38. The van der Waals surface area contributed by atoms with Crippen LogP contribution in [-0.4, -0.2) is 43.3 Å². The van der Waals surface area contributed by atoms with Crippen molar-refractivity contribution in [2.75, 3.05) is 25.0 Å². The average Bonchev–Trinajstić information content (AvgIpc) is 2.65. The van der Waals surface area contributed by atoms with E-state index in [1.54, 1.807) is 0 Å². The van der Waals surface area contributed by atoms with Crippen molar-refractivity contribution >= 4 is 24.5 Å². The fraction of sp³-hybridized carbons (Fsp3) is 0.450. The molecule has 0 atom stereocenters. The topological polar surface area (TPSA) is 63.8 Å². The van der Waals surface area contributed by atoms with E-state index in [1.165, 1.54) is 25.5 Å². The van der Waals surface area contributed by atoms with Crippen LogP contribution in [0.25, 0.3) is 0 Å². The van der Waals surface area contributed by atoms with Crippen LogP contribution in [0.1, 0.15) is 43.7 Å². The molecule has 1 aliphatic heterocycles. The van der Waals surface area contributed by atoms with Gasteiger partial charge in [0.1, 0.15) is 11.7 Å². The first kappa shape index (κ1) is 18.9. The average molecular weight is 339 g/mol. The summed E-state index contributed by atoms with van der Waals surface area (Å²) in [6, 6.07) is 5.97. The molecule has 0 aliphatic carbocycles. The fourth-order valence-corrected chi connectivity index (χ4v) is 2.88. The van der Waals surface area contributed by atoms with Gasteiger partial charge in [-0.15, -0.1) is 0 Å². The summed E-state index contributed by atoms with van der Waals surface area (Å²) < 4.78 is 0. The fourth-order valence-electron chi connectivity index (χ4n) is 2.88. The molecule has 1 aromatic carbocycles. The molecule has 1 heterocycles. The monoisotopic (exact) mass is 339 g/mol. The molecule has 1 aromatic rings. The van der Waals surface area contributed by atoms with E-state index in [-0.39, 0.29) is 0 Å². The Morgan fingerprint density at radius 3 is 2.72 bits per heavy atom. The Bertz CT molecular complexity index is 654. The molecule has 0 unspecified atom stereocenters. The van der Waals surface area contributed by atoms with Crippen molar-refractivity contribution in [2.24, 2.45) is 9.98 Å². The van der Waals surface area contributed by atoms with E-state index < -0.39 is 0 Å². The summed E-state index contributed by atoms with van der Waals surface area (Å²) >= 11 is 0. The van der Waals surface area contributed by atoms with Crippen LogP contribution in [0.5, 0.6) is 0 Å². The van der Waals surface area contributed by atoms with Crippen LogP contribution >= 0.6 is 0 Å². The van der Waals surface area contributed by atoms with Gasteiger partial charge in [-0.1, -0.05) is 18.6 Å². The van der Waals surface area contributed by atoms with E-state index in [2.05, 4.69) is 28.9 Å². The van der Waals surface area contributed by atoms with Gasteiger partial charge in [-0.05, 0) is 51.5 Å². The number of benzene rings is 1. The van der Waals surface area contributed by atoms with Gasteiger partial charge >= 0.3 is 0 Å². The van der Waals surface area contributed by atoms with E-state index >= 15 is 0 Å². The number of piperidine rings is 1. The minimum Gasteiger partial charge on any atom is -0.357 e. The molecule has 1 fully saturated rings. The summed E-state index contributed by atoms with van der Waals surface area (Å²) in [5.41, 5.74) is 2.81. The van der Waals surface area contributed by atoms with Gasteiger partial charge in [-0.25, -0.2) is 4.99 Å². The summed E-state index contributed by atoms with van der Waals surface area (Å²) in [6.07, 6.45) is 8.05.